The SMILES string of the molecule is N#Cc1ccccc1COc1ccccc1-c1nc2cccnc2o1. The molecule has 2 heterocycles. The number of fused-ring (bicyclic) bond motifs is 1. The van der Waals surface area contributed by atoms with E-state index in [-0.39, 0.29) is 0 Å². The molecule has 0 spiro atoms. The van der Waals surface area contributed by atoms with Crippen LogP contribution in [-0.2, 0) is 6.61 Å². The lowest BCUT2D eigenvalue weighted by Gasteiger charge is -2.10. The van der Waals surface area contributed by atoms with Gasteiger partial charge in [-0.3, -0.25) is 0 Å². The molecule has 0 saturated heterocycles. The van der Waals surface area contributed by atoms with Gasteiger partial charge in [-0.2, -0.15) is 5.26 Å². The van der Waals surface area contributed by atoms with E-state index in [1.54, 1.807) is 12.3 Å². The van der Waals surface area contributed by atoms with Gasteiger partial charge in [0.2, 0.25) is 11.6 Å². The minimum atomic E-state index is 0.291. The number of aromatic nitrogens is 2. The average molecular weight is 327 g/mol. The van der Waals surface area contributed by atoms with Crippen LogP contribution in [0.4, 0.5) is 0 Å². The zero-order chi connectivity index (χ0) is 17.1. The molecule has 0 aliphatic rings. The number of ether oxygens (including phenoxy) is 1. The Morgan fingerprint density at radius 1 is 1.00 bits per heavy atom. The number of oxazole rings is 1. The summed E-state index contributed by atoms with van der Waals surface area (Å²) in [5, 5.41) is 9.19. The van der Waals surface area contributed by atoms with Crippen LogP contribution in [0.2, 0.25) is 0 Å². The van der Waals surface area contributed by atoms with Crippen LogP contribution in [0.3, 0.4) is 0 Å². The Morgan fingerprint density at radius 3 is 2.72 bits per heavy atom. The van der Waals surface area contributed by atoms with Crippen molar-refractivity contribution in [2.45, 2.75) is 6.61 Å². The molecule has 0 amide bonds. The maximum atomic E-state index is 9.19. The minimum Gasteiger partial charge on any atom is -0.488 e. The number of hydrogen-bond acceptors (Lipinski definition) is 5. The van der Waals surface area contributed by atoms with Crippen LogP contribution in [-0.4, -0.2) is 9.97 Å². The minimum absolute atomic E-state index is 0.291. The third-order valence-electron chi connectivity index (χ3n) is 3.80. The van der Waals surface area contributed by atoms with Gasteiger partial charge in [0.1, 0.15) is 17.9 Å². The third kappa shape index (κ3) is 2.93. The van der Waals surface area contributed by atoms with Crippen molar-refractivity contribution in [3.05, 3.63) is 78.0 Å². The lowest BCUT2D eigenvalue weighted by atomic mass is 10.1. The van der Waals surface area contributed by atoms with Crippen LogP contribution in [0.15, 0.2) is 71.3 Å². The van der Waals surface area contributed by atoms with E-state index in [9.17, 15) is 5.26 Å². The third-order valence-corrected chi connectivity index (χ3v) is 3.80. The van der Waals surface area contributed by atoms with Gasteiger partial charge in [0, 0.05) is 11.8 Å². The quantitative estimate of drug-likeness (QED) is 0.557. The average Bonchev–Trinajstić information content (AvgIpc) is 3.11. The van der Waals surface area contributed by atoms with Crippen LogP contribution >= 0.6 is 0 Å². The molecule has 0 radical (unpaired) electrons. The molecule has 0 aliphatic carbocycles. The number of rotatable bonds is 4. The van der Waals surface area contributed by atoms with E-state index in [1.165, 1.54) is 0 Å². The molecular weight excluding hydrogens is 314 g/mol. The highest BCUT2D eigenvalue weighted by molar-refractivity contribution is 5.74. The lowest BCUT2D eigenvalue weighted by molar-refractivity contribution is 0.306. The molecule has 0 bridgehead atoms. The molecule has 0 N–H and O–H groups in total. The fraction of sp³-hybridized carbons (Fsp3) is 0.0500. The Hall–Kier alpha value is -3.65. The zero-order valence-electron chi connectivity index (χ0n) is 13.2. The summed E-state index contributed by atoms with van der Waals surface area (Å²) in [5.41, 5.74) is 3.37. The molecule has 0 unspecified atom stereocenters. The lowest BCUT2D eigenvalue weighted by Crippen LogP contribution is -1.99. The van der Waals surface area contributed by atoms with Gasteiger partial charge in [0.05, 0.1) is 17.2 Å². The van der Waals surface area contributed by atoms with Crippen molar-refractivity contribution in [2.24, 2.45) is 0 Å². The highest BCUT2D eigenvalue weighted by Gasteiger charge is 2.14. The zero-order valence-corrected chi connectivity index (χ0v) is 13.2. The summed E-state index contributed by atoms with van der Waals surface area (Å²) in [4.78, 5) is 8.64. The van der Waals surface area contributed by atoms with E-state index in [0.29, 0.717) is 35.0 Å². The van der Waals surface area contributed by atoms with Crippen molar-refractivity contribution in [3.63, 3.8) is 0 Å². The summed E-state index contributed by atoms with van der Waals surface area (Å²) >= 11 is 0. The van der Waals surface area contributed by atoms with Gasteiger partial charge in [-0.25, -0.2) is 9.97 Å². The van der Waals surface area contributed by atoms with Crippen LogP contribution in [0.1, 0.15) is 11.1 Å². The predicted octanol–water partition coefficient (Wildman–Crippen LogP) is 4.34. The second-order valence-electron chi connectivity index (χ2n) is 5.40. The molecule has 120 valence electrons. The maximum absolute atomic E-state index is 9.19. The summed E-state index contributed by atoms with van der Waals surface area (Å²) in [7, 11) is 0. The molecule has 2 aromatic carbocycles. The molecule has 4 rings (SSSR count). The van der Waals surface area contributed by atoms with E-state index in [0.717, 1.165) is 11.1 Å². The van der Waals surface area contributed by atoms with Gasteiger partial charge in [-0.05, 0) is 30.3 Å². The molecule has 2 aromatic heterocycles. The first kappa shape index (κ1) is 14.9. The molecule has 4 aromatic rings. The van der Waals surface area contributed by atoms with Gasteiger partial charge in [0.15, 0.2) is 0 Å². The van der Waals surface area contributed by atoms with E-state index in [2.05, 4.69) is 16.0 Å². The molecule has 5 heteroatoms. The number of nitrogens with zero attached hydrogens (tertiary/aromatic N) is 3. The van der Waals surface area contributed by atoms with Crippen molar-refractivity contribution < 1.29 is 9.15 Å². The fourth-order valence-electron chi connectivity index (χ4n) is 2.56. The van der Waals surface area contributed by atoms with Crippen molar-refractivity contribution in [3.8, 4) is 23.3 Å². The summed E-state index contributed by atoms with van der Waals surface area (Å²) in [5.74, 6) is 1.10. The molecule has 0 atom stereocenters. The normalized spacial score (nSPS) is 10.5. The molecular formula is C20H13N3O2. The Bertz CT molecular complexity index is 1050. The molecule has 0 aliphatic heterocycles. The fourth-order valence-corrected chi connectivity index (χ4v) is 2.56. The van der Waals surface area contributed by atoms with Crippen molar-refractivity contribution in [1.82, 2.24) is 9.97 Å². The second kappa shape index (κ2) is 6.46. The van der Waals surface area contributed by atoms with Gasteiger partial charge in [-0.1, -0.05) is 30.3 Å². The van der Waals surface area contributed by atoms with Gasteiger partial charge in [-0.15, -0.1) is 0 Å². The van der Waals surface area contributed by atoms with E-state index < -0.39 is 0 Å². The van der Waals surface area contributed by atoms with Gasteiger partial charge < -0.3 is 9.15 Å². The Morgan fingerprint density at radius 2 is 1.84 bits per heavy atom. The Labute approximate surface area is 144 Å². The van der Waals surface area contributed by atoms with E-state index in [4.69, 9.17) is 9.15 Å². The number of benzene rings is 2. The second-order valence-corrected chi connectivity index (χ2v) is 5.40. The summed E-state index contributed by atoms with van der Waals surface area (Å²) < 4.78 is 11.7. The van der Waals surface area contributed by atoms with Gasteiger partial charge in [0.25, 0.3) is 0 Å². The smallest absolute Gasteiger partial charge is 0.247 e. The first-order valence-electron chi connectivity index (χ1n) is 7.77. The molecule has 0 fully saturated rings. The maximum Gasteiger partial charge on any atom is 0.247 e. The van der Waals surface area contributed by atoms with Crippen LogP contribution in [0, 0.1) is 11.3 Å². The highest BCUT2D eigenvalue weighted by Crippen LogP contribution is 2.31. The Balaban J connectivity index is 1.66. The molecule has 5 nitrogen and oxygen atoms in total. The summed E-state index contributed by atoms with van der Waals surface area (Å²) in [6, 6.07) is 20.7. The standard InChI is InChI=1S/C20H13N3O2/c21-12-14-6-1-2-7-15(14)13-24-18-10-4-3-8-16(18)19-23-17-9-5-11-22-20(17)25-19/h1-11H,13H2. The first-order valence-corrected chi connectivity index (χ1v) is 7.77. The Kier molecular flexibility index (Phi) is 3.85. The summed E-state index contributed by atoms with van der Waals surface area (Å²) in [6.07, 6.45) is 1.67. The predicted molar refractivity (Wildman–Crippen MR) is 92.7 cm³/mol. The van der Waals surface area contributed by atoms with Gasteiger partial charge >= 0.3 is 0 Å². The van der Waals surface area contributed by atoms with Crippen molar-refractivity contribution in [2.75, 3.05) is 0 Å². The highest BCUT2D eigenvalue weighted by atomic mass is 16.5. The first-order chi connectivity index (χ1) is 12.3. The summed E-state index contributed by atoms with van der Waals surface area (Å²) in [6.45, 7) is 0.291. The largest absolute Gasteiger partial charge is 0.488 e. The topological polar surface area (TPSA) is 71.9 Å². The van der Waals surface area contributed by atoms with E-state index in [1.807, 2.05) is 54.6 Å². The van der Waals surface area contributed by atoms with Crippen molar-refractivity contribution >= 4 is 11.2 Å². The monoisotopic (exact) mass is 327 g/mol. The molecule has 25 heavy (non-hydrogen) atoms. The van der Waals surface area contributed by atoms with Crippen LogP contribution in [0.25, 0.3) is 22.7 Å². The number of pyridine rings is 1. The van der Waals surface area contributed by atoms with E-state index >= 15 is 0 Å². The van der Waals surface area contributed by atoms with Crippen LogP contribution < -0.4 is 4.74 Å². The van der Waals surface area contributed by atoms with Crippen molar-refractivity contribution in [1.29, 1.82) is 5.26 Å². The molecule has 0 saturated carbocycles. The van der Waals surface area contributed by atoms with Crippen LogP contribution in [0.5, 0.6) is 5.75 Å². The number of hydrogen-bond donors (Lipinski definition) is 0. The number of nitriles is 1. The number of para-hydroxylation sites is 1.